The molecular weight excluding hydrogens is 270 g/mol. The molecule has 1 aliphatic heterocycles. The summed E-state index contributed by atoms with van der Waals surface area (Å²) in [5, 5.41) is 20.9. The van der Waals surface area contributed by atoms with Crippen LogP contribution in [0.5, 0.6) is 5.75 Å². The van der Waals surface area contributed by atoms with Gasteiger partial charge in [-0.2, -0.15) is 0 Å². The Bertz CT molecular complexity index is 476. The molecule has 0 amide bonds. The number of aliphatic hydroxyl groups is 1. The van der Waals surface area contributed by atoms with E-state index in [-0.39, 0.29) is 18.5 Å². The molecule has 2 rings (SSSR count). The van der Waals surface area contributed by atoms with Gasteiger partial charge in [0.15, 0.2) is 5.84 Å². The predicted molar refractivity (Wildman–Crippen MR) is 80.7 cm³/mol. The molecule has 0 aromatic heterocycles. The molecule has 116 valence electrons. The maximum atomic E-state index is 9.40. The molecule has 1 aromatic rings. The van der Waals surface area contributed by atoms with Crippen LogP contribution in [-0.2, 0) is 0 Å². The molecule has 2 unspecified atom stereocenters. The Kier molecular flexibility index (Phi) is 5.41. The van der Waals surface area contributed by atoms with E-state index in [1.807, 2.05) is 0 Å². The fraction of sp³-hybridized carbons (Fsp3) is 0.533. The molecule has 2 atom stereocenters. The van der Waals surface area contributed by atoms with Crippen LogP contribution in [0.2, 0.25) is 0 Å². The molecule has 21 heavy (non-hydrogen) atoms. The van der Waals surface area contributed by atoms with Gasteiger partial charge < -0.3 is 20.8 Å². The monoisotopic (exact) mass is 293 g/mol. The molecule has 1 aromatic carbocycles. The van der Waals surface area contributed by atoms with Gasteiger partial charge in [-0.15, -0.1) is 0 Å². The van der Waals surface area contributed by atoms with Crippen LogP contribution < -0.4 is 10.5 Å². The van der Waals surface area contributed by atoms with Crippen LogP contribution in [-0.4, -0.2) is 53.4 Å². The highest BCUT2D eigenvalue weighted by Crippen LogP contribution is 2.23. The van der Waals surface area contributed by atoms with E-state index in [1.54, 1.807) is 24.3 Å². The zero-order valence-corrected chi connectivity index (χ0v) is 12.3. The second-order valence-electron chi connectivity index (χ2n) is 5.41. The quantitative estimate of drug-likeness (QED) is 0.313. The van der Waals surface area contributed by atoms with Gasteiger partial charge in [0.05, 0.1) is 6.61 Å². The van der Waals surface area contributed by atoms with E-state index in [9.17, 15) is 5.11 Å². The number of aliphatic hydroxyl groups excluding tert-OH is 1. The van der Waals surface area contributed by atoms with Crippen molar-refractivity contribution < 1.29 is 15.1 Å². The van der Waals surface area contributed by atoms with Gasteiger partial charge in [0, 0.05) is 18.2 Å². The average molecular weight is 293 g/mol. The smallest absolute Gasteiger partial charge is 0.170 e. The average Bonchev–Trinajstić information content (AvgIpc) is 2.87. The standard InChI is InChI=1S/C15H23N3O3/c1-11-6-7-18(14(11)10-19)8-9-21-13-4-2-12(3-5-13)15(16)17-20/h2-5,11,14,19-20H,6-10H2,1H3,(H2,16,17). The molecule has 1 fully saturated rings. The molecule has 0 aliphatic carbocycles. The lowest BCUT2D eigenvalue weighted by molar-refractivity contribution is 0.123. The second-order valence-corrected chi connectivity index (χ2v) is 5.41. The van der Waals surface area contributed by atoms with Crippen molar-refractivity contribution in [2.24, 2.45) is 16.8 Å². The first-order valence-electron chi connectivity index (χ1n) is 7.21. The van der Waals surface area contributed by atoms with Crippen LogP contribution in [0.1, 0.15) is 18.9 Å². The minimum absolute atomic E-state index is 0.0818. The van der Waals surface area contributed by atoms with E-state index in [2.05, 4.69) is 17.0 Å². The number of amidine groups is 1. The van der Waals surface area contributed by atoms with Crippen LogP contribution in [0.15, 0.2) is 29.4 Å². The summed E-state index contributed by atoms with van der Waals surface area (Å²) in [6.45, 7) is 4.77. The third-order valence-electron chi connectivity index (χ3n) is 4.09. The van der Waals surface area contributed by atoms with E-state index in [0.717, 1.165) is 25.3 Å². The van der Waals surface area contributed by atoms with Gasteiger partial charge in [0.2, 0.25) is 0 Å². The van der Waals surface area contributed by atoms with Gasteiger partial charge in [0.1, 0.15) is 12.4 Å². The van der Waals surface area contributed by atoms with Crippen LogP contribution in [0.3, 0.4) is 0 Å². The summed E-state index contributed by atoms with van der Waals surface area (Å²) in [7, 11) is 0. The molecule has 6 nitrogen and oxygen atoms in total. The van der Waals surface area contributed by atoms with Gasteiger partial charge in [-0.3, -0.25) is 4.90 Å². The molecule has 1 saturated heterocycles. The zero-order valence-electron chi connectivity index (χ0n) is 12.3. The highest BCUT2D eigenvalue weighted by Gasteiger charge is 2.29. The third kappa shape index (κ3) is 3.86. The Hall–Kier alpha value is -1.79. The third-order valence-corrected chi connectivity index (χ3v) is 4.09. The Labute approximate surface area is 124 Å². The molecule has 0 spiro atoms. The van der Waals surface area contributed by atoms with Crippen molar-refractivity contribution in [3.63, 3.8) is 0 Å². The molecule has 1 aliphatic rings. The maximum Gasteiger partial charge on any atom is 0.170 e. The van der Waals surface area contributed by atoms with Gasteiger partial charge in [0.25, 0.3) is 0 Å². The van der Waals surface area contributed by atoms with Crippen molar-refractivity contribution in [3.8, 4) is 5.75 Å². The summed E-state index contributed by atoms with van der Waals surface area (Å²) in [5.74, 6) is 1.37. The van der Waals surface area contributed by atoms with Crippen molar-refractivity contribution in [2.45, 2.75) is 19.4 Å². The van der Waals surface area contributed by atoms with E-state index in [4.69, 9.17) is 15.7 Å². The van der Waals surface area contributed by atoms with Crippen LogP contribution in [0, 0.1) is 5.92 Å². The first-order chi connectivity index (χ1) is 10.2. The zero-order chi connectivity index (χ0) is 15.2. The van der Waals surface area contributed by atoms with E-state index >= 15 is 0 Å². The summed E-state index contributed by atoms with van der Waals surface area (Å²) >= 11 is 0. The number of rotatable bonds is 6. The van der Waals surface area contributed by atoms with E-state index in [1.165, 1.54) is 0 Å². The molecule has 0 saturated carbocycles. The molecule has 6 heteroatoms. The minimum atomic E-state index is 0.0818. The summed E-state index contributed by atoms with van der Waals surface area (Å²) in [6, 6.07) is 7.33. The molecule has 4 N–H and O–H groups in total. The van der Waals surface area contributed by atoms with E-state index < -0.39 is 0 Å². The number of nitrogens with two attached hydrogens (primary N) is 1. The van der Waals surface area contributed by atoms with Crippen molar-refractivity contribution >= 4 is 5.84 Å². The lowest BCUT2D eigenvalue weighted by Gasteiger charge is -2.24. The fourth-order valence-corrected chi connectivity index (χ4v) is 2.72. The van der Waals surface area contributed by atoms with Crippen molar-refractivity contribution in [2.75, 3.05) is 26.3 Å². The first-order valence-corrected chi connectivity index (χ1v) is 7.21. The number of ether oxygens (including phenoxy) is 1. The number of hydrogen-bond donors (Lipinski definition) is 3. The summed E-state index contributed by atoms with van der Waals surface area (Å²) < 4.78 is 5.70. The lowest BCUT2D eigenvalue weighted by atomic mass is 10.0. The normalized spacial score (nSPS) is 23.4. The van der Waals surface area contributed by atoms with Gasteiger partial charge in [-0.05, 0) is 43.1 Å². The van der Waals surface area contributed by atoms with Gasteiger partial charge >= 0.3 is 0 Å². The van der Waals surface area contributed by atoms with E-state index in [0.29, 0.717) is 18.1 Å². The highest BCUT2D eigenvalue weighted by atomic mass is 16.5. The Balaban J connectivity index is 1.81. The number of oxime groups is 1. The van der Waals surface area contributed by atoms with Crippen molar-refractivity contribution in [1.29, 1.82) is 0 Å². The van der Waals surface area contributed by atoms with Crippen molar-refractivity contribution in [3.05, 3.63) is 29.8 Å². The topological polar surface area (TPSA) is 91.3 Å². The molecular formula is C15H23N3O3. The van der Waals surface area contributed by atoms with Crippen LogP contribution >= 0.6 is 0 Å². The Morgan fingerprint density at radius 1 is 1.43 bits per heavy atom. The lowest BCUT2D eigenvalue weighted by Crippen LogP contribution is -2.37. The summed E-state index contributed by atoms with van der Waals surface area (Å²) in [5.41, 5.74) is 6.15. The number of likely N-dealkylation sites (tertiary alicyclic amines) is 1. The summed E-state index contributed by atoms with van der Waals surface area (Å²) in [4.78, 5) is 2.27. The Morgan fingerprint density at radius 2 is 2.14 bits per heavy atom. The summed E-state index contributed by atoms with van der Waals surface area (Å²) in [6.07, 6.45) is 1.12. The Morgan fingerprint density at radius 3 is 2.76 bits per heavy atom. The maximum absolute atomic E-state index is 9.40. The van der Waals surface area contributed by atoms with Crippen molar-refractivity contribution in [1.82, 2.24) is 4.90 Å². The van der Waals surface area contributed by atoms with Crippen LogP contribution in [0.25, 0.3) is 0 Å². The minimum Gasteiger partial charge on any atom is -0.492 e. The molecule has 1 heterocycles. The number of hydrogen-bond acceptors (Lipinski definition) is 5. The number of benzene rings is 1. The second kappa shape index (κ2) is 7.28. The predicted octanol–water partition coefficient (Wildman–Crippen LogP) is 0.863. The van der Waals surface area contributed by atoms with Gasteiger partial charge in [-0.1, -0.05) is 12.1 Å². The van der Waals surface area contributed by atoms with Gasteiger partial charge in [-0.25, -0.2) is 0 Å². The first kappa shape index (κ1) is 15.6. The van der Waals surface area contributed by atoms with Crippen LogP contribution in [0.4, 0.5) is 0 Å². The molecule has 0 bridgehead atoms. The highest BCUT2D eigenvalue weighted by molar-refractivity contribution is 5.97. The SMILES string of the molecule is CC1CCN(CCOc2ccc(/C(N)=N/O)cc2)C1CO. The fourth-order valence-electron chi connectivity index (χ4n) is 2.72. The largest absolute Gasteiger partial charge is 0.492 e. The number of nitrogens with zero attached hydrogens (tertiary/aromatic N) is 2. The molecule has 0 radical (unpaired) electrons.